The fraction of sp³-hybridized carbons (Fsp3) is 0.611. The van der Waals surface area contributed by atoms with Crippen molar-refractivity contribution in [3.63, 3.8) is 0 Å². The molecule has 0 spiro atoms. The van der Waals surface area contributed by atoms with Crippen LogP contribution in [0.1, 0.15) is 29.8 Å². The minimum absolute atomic E-state index is 0.0879. The molecule has 12 heteroatoms. The summed E-state index contributed by atoms with van der Waals surface area (Å²) in [7, 11) is -3.70. The number of benzene rings is 1. The number of ether oxygens (including phenoxy) is 1. The molecule has 2 aliphatic rings. The van der Waals surface area contributed by atoms with Crippen molar-refractivity contribution in [2.45, 2.75) is 33.0 Å². The van der Waals surface area contributed by atoms with Gasteiger partial charge in [0.05, 0.1) is 22.7 Å². The minimum atomic E-state index is -3.70. The summed E-state index contributed by atoms with van der Waals surface area (Å²) < 4.78 is 48.2. The SMILES string of the molecule is Cc1c(F)cc(C(=O)N2CCN(S(=O)(=O)N3CC(C)OC(C)C3)CC2)cc1[N+](=O)[O-]. The van der Waals surface area contributed by atoms with Gasteiger partial charge >= 0.3 is 0 Å². The molecule has 2 unspecified atom stereocenters. The van der Waals surface area contributed by atoms with E-state index in [0.717, 1.165) is 12.1 Å². The Kier molecular flexibility index (Phi) is 6.41. The summed E-state index contributed by atoms with van der Waals surface area (Å²) in [6.45, 7) is 5.82. The number of halogens is 1. The first-order chi connectivity index (χ1) is 14.0. The zero-order chi connectivity index (χ0) is 22.2. The maximum Gasteiger partial charge on any atom is 0.282 e. The predicted octanol–water partition coefficient (Wildman–Crippen LogP) is 1.15. The van der Waals surface area contributed by atoms with Crippen LogP contribution in [0.25, 0.3) is 0 Å². The van der Waals surface area contributed by atoms with Gasteiger partial charge in [-0.1, -0.05) is 0 Å². The molecule has 0 N–H and O–H groups in total. The van der Waals surface area contributed by atoms with E-state index < -0.39 is 32.5 Å². The van der Waals surface area contributed by atoms with E-state index in [0.29, 0.717) is 0 Å². The lowest BCUT2D eigenvalue weighted by Crippen LogP contribution is -2.57. The molecule has 2 heterocycles. The van der Waals surface area contributed by atoms with Crippen LogP contribution in [0.15, 0.2) is 12.1 Å². The van der Waals surface area contributed by atoms with Crippen molar-refractivity contribution in [3.8, 4) is 0 Å². The zero-order valence-corrected chi connectivity index (χ0v) is 17.9. The average Bonchev–Trinajstić information content (AvgIpc) is 2.68. The molecular formula is C18H25FN4O6S. The molecule has 0 radical (unpaired) electrons. The van der Waals surface area contributed by atoms with Crippen LogP contribution in [0.3, 0.4) is 0 Å². The number of piperazine rings is 1. The van der Waals surface area contributed by atoms with Crippen LogP contribution in [0.4, 0.5) is 10.1 Å². The van der Waals surface area contributed by atoms with Crippen LogP contribution < -0.4 is 0 Å². The summed E-state index contributed by atoms with van der Waals surface area (Å²) in [6, 6.07) is 2.03. The number of morpholine rings is 1. The van der Waals surface area contributed by atoms with Gasteiger partial charge in [-0.3, -0.25) is 14.9 Å². The molecule has 2 saturated heterocycles. The van der Waals surface area contributed by atoms with Crippen molar-refractivity contribution >= 4 is 21.8 Å². The van der Waals surface area contributed by atoms with Gasteiger partial charge in [0.25, 0.3) is 21.8 Å². The van der Waals surface area contributed by atoms with E-state index in [-0.39, 0.29) is 62.6 Å². The number of nitro groups is 1. The van der Waals surface area contributed by atoms with Crippen LogP contribution in [-0.2, 0) is 14.9 Å². The monoisotopic (exact) mass is 444 g/mol. The van der Waals surface area contributed by atoms with E-state index in [1.54, 1.807) is 0 Å². The zero-order valence-electron chi connectivity index (χ0n) is 17.1. The molecule has 0 aliphatic carbocycles. The highest BCUT2D eigenvalue weighted by atomic mass is 32.2. The Morgan fingerprint density at radius 2 is 1.70 bits per heavy atom. The summed E-state index contributed by atoms with van der Waals surface area (Å²) in [6.07, 6.45) is -0.419. The second-order valence-electron chi connectivity index (χ2n) is 7.63. The van der Waals surface area contributed by atoms with Gasteiger partial charge in [0.2, 0.25) is 0 Å². The molecule has 166 valence electrons. The van der Waals surface area contributed by atoms with Crippen molar-refractivity contribution in [2.75, 3.05) is 39.3 Å². The summed E-state index contributed by atoms with van der Waals surface area (Å²) in [5.41, 5.74) is -0.728. The van der Waals surface area contributed by atoms with Crippen LogP contribution in [0.5, 0.6) is 0 Å². The van der Waals surface area contributed by atoms with Crippen molar-refractivity contribution in [3.05, 3.63) is 39.2 Å². The Hall–Kier alpha value is -2.15. The molecule has 10 nitrogen and oxygen atoms in total. The third kappa shape index (κ3) is 4.46. The Morgan fingerprint density at radius 1 is 1.13 bits per heavy atom. The first-order valence-electron chi connectivity index (χ1n) is 9.65. The van der Waals surface area contributed by atoms with E-state index in [2.05, 4.69) is 0 Å². The van der Waals surface area contributed by atoms with Gasteiger partial charge in [0.1, 0.15) is 5.82 Å². The smallest absolute Gasteiger partial charge is 0.282 e. The summed E-state index contributed by atoms with van der Waals surface area (Å²) in [5, 5.41) is 11.1. The number of carbonyl (C=O) groups is 1. The van der Waals surface area contributed by atoms with E-state index >= 15 is 0 Å². The number of hydrogen-bond donors (Lipinski definition) is 0. The number of nitrogens with zero attached hydrogens (tertiary/aromatic N) is 4. The topological polar surface area (TPSA) is 113 Å². The summed E-state index contributed by atoms with van der Waals surface area (Å²) in [4.78, 5) is 24.5. The van der Waals surface area contributed by atoms with Crippen molar-refractivity contribution < 1.29 is 27.3 Å². The van der Waals surface area contributed by atoms with E-state index in [9.17, 15) is 27.7 Å². The molecule has 3 rings (SSSR count). The van der Waals surface area contributed by atoms with Crippen molar-refractivity contribution in [2.24, 2.45) is 0 Å². The molecular weight excluding hydrogens is 419 g/mol. The number of amides is 1. The third-order valence-electron chi connectivity index (χ3n) is 5.33. The number of rotatable bonds is 4. The van der Waals surface area contributed by atoms with Crippen LogP contribution in [0.2, 0.25) is 0 Å². The van der Waals surface area contributed by atoms with Crippen LogP contribution in [0, 0.1) is 22.9 Å². The van der Waals surface area contributed by atoms with Gasteiger partial charge in [0.15, 0.2) is 0 Å². The summed E-state index contributed by atoms with van der Waals surface area (Å²) >= 11 is 0. The van der Waals surface area contributed by atoms with Crippen LogP contribution in [-0.4, -0.2) is 84.2 Å². The lowest BCUT2D eigenvalue weighted by molar-refractivity contribution is -0.385. The third-order valence-corrected chi connectivity index (χ3v) is 7.29. The second kappa shape index (κ2) is 8.53. The fourth-order valence-corrected chi connectivity index (χ4v) is 5.51. The lowest BCUT2D eigenvalue weighted by Gasteiger charge is -2.40. The van der Waals surface area contributed by atoms with E-state index in [1.807, 2.05) is 13.8 Å². The second-order valence-corrected chi connectivity index (χ2v) is 9.56. The van der Waals surface area contributed by atoms with Gasteiger partial charge < -0.3 is 9.64 Å². The van der Waals surface area contributed by atoms with Gasteiger partial charge in [-0.2, -0.15) is 17.0 Å². The van der Waals surface area contributed by atoms with Crippen molar-refractivity contribution in [1.82, 2.24) is 13.5 Å². The standard InChI is InChI=1S/C18H25FN4O6S/c1-12-10-22(11-13(2)29-12)30(27,28)21-6-4-20(5-7-21)18(24)15-8-16(19)14(3)17(9-15)23(25)26/h8-9,12-13H,4-7,10-11H2,1-3H3. The molecule has 1 aromatic carbocycles. The maximum absolute atomic E-state index is 14.0. The lowest BCUT2D eigenvalue weighted by atomic mass is 10.1. The first-order valence-corrected chi connectivity index (χ1v) is 11.0. The average molecular weight is 444 g/mol. The molecule has 0 saturated carbocycles. The molecule has 2 aliphatic heterocycles. The molecule has 0 bridgehead atoms. The quantitative estimate of drug-likeness (QED) is 0.509. The highest BCUT2D eigenvalue weighted by Gasteiger charge is 2.37. The highest BCUT2D eigenvalue weighted by Crippen LogP contribution is 2.24. The number of nitro benzene ring substituents is 1. The Labute approximate surface area is 174 Å². The number of carbonyl (C=O) groups excluding carboxylic acids is 1. The van der Waals surface area contributed by atoms with Crippen molar-refractivity contribution in [1.29, 1.82) is 0 Å². The molecule has 2 atom stereocenters. The molecule has 1 amide bonds. The minimum Gasteiger partial charge on any atom is -0.373 e. The fourth-order valence-electron chi connectivity index (χ4n) is 3.76. The highest BCUT2D eigenvalue weighted by molar-refractivity contribution is 7.86. The maximum atomic E-state index is 14.0. The van der Waals surface area contributed by atoms with E-state index in [4.69, 9.17) is 4.74 Å². The van der Waals surface area contributed by atoms with Gasteiger partial charge in [-0.05, 0) is 26.8 Å². The molecule has 2 fully saturated rings. The van der Waals surface area contributed by atoms with Gasteiger partial charge in [-0.25, -0.2) is 4.39 Å². The Bertz CT molecular complexity index is 938. The predicted molar refractivity (Wildman–Crippen MR) is 106 cm³/mol. The van der Waals surface area contributed by atoms with Gasteiger partial charge in [0, 0.05) is 50.9 Å². The summed E-state index contributed by atoms with van der Waals surface area (Å²) in [5.74, 6) is -1.40. The Balaban J connectivity index is 1.70. The normalized spacial score (nSPS) is 24.1. The molecule has 0 aromatic heterocycles. The molecule has 1 aromatic rings. The van der Waals surface area contributed by atoms with Gasteiger partial charge in [-0.15, -0.1) is 0 Å². The molecule has 30 heavy (non-hydrogen) atoms. The number of hydrogen-bond acceptors (Lipinski definition) is 6. The van der Waals surface area contributed by atoms with E-state index in [1.165, 1.54) is 20.4 Å². The Morgan fingerprint density at radius 3 is 2.23 bits per heavy atom. The first kappa shape index (κ1) is 22.5. The largest absolute Gasteiger partial charge is 0.373 e. The van der Waals surface area contributed by atoms with Crippen LogP contribution >= 0.6 is 0 Å².